The fraction of sp³-hybridized carbons (Fsp3) is 0.158. The molecule has 0 bridgehead atoms. The van der Waals surface area contributed by atoms with E-state index in [1.54, 1.807) is 18.2 Å². The maximum Gasteiger partial charge on any atom is 0.346 e. The first-order valence-corrected chi connectivity index (χ1v) is 9.28. The Kier molecular flexibility index (Phi) is 6.18. The summed E-state index contributed by atoms with van der Waals surface area (Å²) < 4.78 is 10.9. The van der Waals surface area contributed by atoms with Crippen molar-refractivity contribution >= 4 is 23.5 Å². The van der Waals surface area contributed by atoms with Crippen molar-refractivity contribution < 1.29 is 14.3 Å². The molecule has 2 N–H and O–H groups in total. The molecular weight excluding hydrogens is 380 g/mol. The Morgan fingerprint density at radius 3 is 2.93 bits per heavy atom. The van der Waals surface area contributed by atoms with E-state index in [-0.39, 0.29) is 5.69 Å². The Bertz CT molecular complexity index is 1040. The summed E-state index contributed by atoms with van der Waals surface area (Å²) in [5, 5.41) is 5.82. The summed E-state index contributed by atoms with van der Waals surface area (Å²) in [6, 6.07) is 10.6. The normalized spacial score (nSPS) is 10.8. The van der Waals surface area contributed by atoms with Gasteiger partial charge in [0.05, 0.1) is 30.5 Å². The highest BCUT2D eigenvalue weighted by Gasteiger charge is 2.12. The molecule has 0 radical (unpaired) electrons. The third-order valence-corrected chi connectivity index (χ3v) is 4.55. The molecule has 28 heavy (non-hydrogen) atoms. The number of rotatable bonds is 7. The van der Waals surface area contributed by atoms with Crippen molar-refractivity contribution in [3.63, 3.8) is 0 Å². The fourth-order valence-electron chi connectivity index (χ4n) is 2.48. The zero-order chi connectivity index (χ0) is 19.9. The van der Waals surface area contributed by atoms with Crippen LogP contribution in [0.2, 0.25) is 0 Å². The molecule has 0 spiro atoms. The minimum atomic E-state index is -0.605. The lowest BCUT2D eigenvalue weighted by Gasteiger charge is -2.11. The van der Waals surface area contributed by atoms with Crippen LogP contribution in [0.15, 0.2) is 51.7 Å². The molecule has 0 unspecified atom stereocenters. The molecule has 2 aromatic heterocycles. The molecule has 9 heteroatoms. The van der Waals surface area contributed by atoms with Gasteiger partial charge in [-0.2, -0.15) is 10.1 Å². The van der Waals surface area contributed by atoms with Gasteiger partial charge in [0.2, 0.25) is 0 Å². The van der Waals surface area contributed by atoms with E-state index in [2.05, 4.69) is 20.5 Å². The number of aromatic nitrogens is 2. The van der Waals surface area contributed by atoms with Crippen molar-refractivity contribution in [3.8, 4) is 22.1 Å². The highest BCUT2D eigenvalue weighted by molar-refractivity contribution is 7.13. The molecule has 0 saturated heterocycles. The largest absolute Gasteiger partial charge is 0.492 e. The average molecular weight is 398 g/mol. The molecule has 3 aromatic rings. The quantitative estimate of drug-likeness (QED) is 0.470. The topological polar surface area (TPSA) is 106 Å². The molecule has 0 aliphatic rings. The van der Waals surface area contributed by atoms with Crippen LogP contribution >= 0.6 is 11.3 Å². The predicted molar refractivity (Wildman–Crippen MR) is 107 cm³/mol. The SMILES string of the molecule is CCOc1cccc(/C=N/NC(=O)c2cc(-c3cccs3)[nH]c(=O)n2)c1OC. The zero-order valence-corrected chi connectivity index (χ0v) is 16.1. The number of carbonyl (C=O) groups excluding carboxylic acids is 1. The highest BCUT2D eigenvalue weighted by atomic mass is 32.1. The number of methoxy groups -OCH3 is 1. The van der Waals surface area contributed by atoms with Gasteiger partial charge in [0.1, 0.15) is 5.69 Å². The van der Waals surface area contributed by atoms with Crippen LogP contribution in [0.3, 0.4) is 0 Å². The number of benzene rings is 1. The summed E-state index contributed by atoms with van der Waals surface area (Å²) in [5.41, 5.74) is 2.89. The molecular formula is C19H18N4O4S. The van der Waals surface area contributed by atoms with Crippen LogP contribution in [0.4, 0.5) is 0 Å². The minimum Gasteiger partial charge on any atom is -0.492 e. The van der Waals surface area contributed by atoms with E-state index in [1.165, 1.54) is 30.7 Å². The first kappa shape index (κ1) is 19.3. The number of aromatic amines is 1. The van der Waals surface area contributed by atoms with Crippen LogP contribution in [0.25, 0.3) is 10.6 Å². The molecule has 1 aromatic carbocycles. The monoisotopic (exact) mass is 398 g/mol. The van der Waals surface area contributed by atoms with Crippen LogP contribution in [-0.2, 0) is 0 Å². The minimum absolute atomic E-state index is 0.0284. The number of nitrogens with one attached hydrogen (secondary N) is 2. The first-order chi connectivity index (χ1) is 13.6. The second-order valence-corrected chi connectivity index (χ2v) is 6.42. The van der Waals surface area contributed by atoms with Crippen LogP contribution < -0.4 is 20.6 Å². The Morgan fingerprint density at radius 1 is 1.36 bits per heavy atom. The van der Waals surface area contributed by atoms with Gasteiger partial charge < -0.3 is 14.5 Å². The van der Waals surface area contributed by atoms with Crippen molar-refractivity contribution in [2.24, 2.45) is 5.10 Å². The predicted octanol–water partition coefficient (Wildman–Crippen LogP) is 2.67. The van der Waals surface area contributed by atoms with E-state index < -0.39 is 11.6 Å². The number of hydrazone groups is 1. The molecule has 0 saturated carbocycles. The molecule has 0 atom stereocenters. The van der Waals surface area contributed by atoms with Crippen molar-refractivity contribution in [3.05, 3.63) is 63.5 Å². The van der Waals surface area contributed by atoms with Crippen LogP contribution in [0, 0.1) is 0 Å². The van der Waals surface area contributed by atoms with E-state index in [4.69, 9.17) is 9.47 Å². The second kappa shape index (κ2) is 8.96. The summed E-state index contributed by atoms with van der Waals surface area (Å²) in [6.45, 7) is 2.37. The molecule has 1 amide bonds. The molecule has 3 rings (SSSR count). The fourth-order valence-corrected chi connectivity index (χ4v) is 3.18. The smallest absolute Gasteiger partial charge is 0.346 e. The van der Waals surface area contributed by atoms with Gasteiger partial charge in [-0.3, -0.25) is 4.79 Å². The van der Waals surface area contributed by atoms with Gasteiger partial charge in [0.25, 0.3) is 5.91 Å². The lowest BCUT2D eigenvalue weighted by molar-refractivity contribution is 0.0949. The molecule has 0 aliphatic carbocycles. The van der Waals surface area contributed by atoms with Gasteiger partial charge >= 0.3 is 5.69 Å². The number of amides is 1. The van der Waals surface area contributed by atoms with E-state index in [0.717, 1.165) is 4.88 Å². The number of H-pyrrole nitrogens is 1. The van der Waals surface area contributed by atoms with E-state index in [9.17, 15) is 9.59 Å². The number of para-hydroxylation sites is 1. The third kappa shape index (κ3) is 4.44. The average Bonchev–Trinajstić information content (AvgIpc) is 3.23. The van der Waals surface area contributed by atoms with Crippen molar-refractivity contribution in [2.45, 2.75) is 6.92 Å². The number of thiophene rings is 1. The molecule has 0 fully saturated rings. The van der Waals surface area contributed by atoms with Gasteiger partial charge in [-0.05, 0) is 36.6 Å². The Balaban J connectivity index is 1.78. The first-order valence-electron chi connectivity index (χ1n) is 8.40. The Hall–Kier alpha value is -3.46. The van der Waals surface area contributed by atoms with E-state index >= 15 is 0 Å². The van der Waals surface area contributed by atoms with Gasteiger partial charge in [0.15, 0.2) is 11.5 Å². The summed E-state index contributed by atoms with van der Waals surface area (Å²) in [5.74, 6) is 0.494. The molecule has 2 heterocycles. The standard InChI is InChI=1S/C19H18N4O4S/c1-3-27-15-7-4-6-12(17(15)26-2)11-20-23-18(24)14-10-13(21-19(25)22-14)16-8-5-9-28-16/h4-11H,3H2,1-2H3,(H,23,24)(H,21,22,25)/b20-11+. The number of hydrogen-bond donors (Lipinski definition) is 2. The van der Waals surface area contributed by atoms with Gasteiger partial charge in [-0.25, -0.2) is 10.2 Å². The van der Waals surface area contributed by atoms with Crippen LogP contribution in [0.1, 0.15) is 23.0 Å². The van der Waals surface area contributed by atoms with Crippen molar-refractivity contribution in [1.29, 1.82) is 0 Å². The maximum absolute atomic E-state index is 12.3. The summed E-state index contributed by atoms with van der Waals surface area (Å²) in [6.07, 6.45) is 1.44. The Morgan fingerprint density at radius 2 is 2.21 bits per heavy atom. The summed E-state index contributed by atoms with van der Waals surface area (Å²) in [7, 11) is 1.53. The molecule has 0 aliphatic heterocycles. The lowest BCUT2D eigenvalue weighted by Crippen LogP contribution is -2.24. The molecule has 8 nitrogen and oxygen atoms in total. The third-order valence-electron chi connectivity index (χ3n) is 3.65. The maximum atomic E-state index is 12.3. The van der Waals surface area contributed by atoms with Crippen LogP contribution in [0.5, 0.6) is 11.5 Å². The van der Waals surface area contributed by atoms with Gasteiger partial charge in [-0.1, -0.05) is 12.1 Å². The van der Waals surface area contributed by atoms with Gasteiger partial charge in [0, 0.05) is 5.56 Å². The highest BCUT2D eigenvalue weighted by Crippen LogP contribution is 2.29. The number of ether oxygens (including phenoxy) is 2. The number of nitrogens with zero attached hydrogens (tertiary/aromatic N) is 2. The number of hydrogen-bond acceptors (Lipinski definition) is 7. The second-order valence-electron chi connectivity index (χ2n) is 5.47. The Labute approximate surface area is 164 Å². The van der Waals surface area contributed by atoms with E-state index in [0.29, 0.717) is 29.4 Å². The zero-order valence-electron chi connectivity index (χ0n) is 15.3. The van der Waals surface area contributed by atoms with Gasteiger partial charge in [-0.15, -0.1) is 11.3 Å². The summed E-state index contributed by atoms with van der Waals surface area (Å²) >= 11 is 1.44. The van der Waals surface area contributed by atoms with Crippen molar-refractivity contribution in [2.75, 3.05) is 13.7 Å². The van der Waals surface area contributed by atoms with E-state index in [1.807, 2.05) is 24.4 Å². The molecule has 144 valence electrons. The van der Waals surface area contributed by atoms with Crippen molar-refractivity contribution in [1.82, 2.24) is 15.4 Å². The number of carbonyl (C=O) groups is 1. The lowest BCUT2D eigenvalue weighted by atomic mass is 10.2. The summed E-state index contributed by atoms with van der Waals surface area (Å²) in [4.78, 5) is 31.3. The van der Waals surface area contributed by atoms with Crippen LogP contribution in [-0.4, -0.2) is 35.8 Å².